The van der Waals surface area contributed by atoms with Gasteiger partial charge < -0.3 is 9.84 Å². The van der Waals surface area contributed by atoms with Crippen molar-refractivity contribution in [3.63, 3.8) is 0 Å². The molecule has 1 aliphatic heterocycles. The largest absolute Gasteiger partial charge is 0.393 e. The van der Waals surface area contributed by atoms with Crippen LogP contribution in [0.4, 0.5) is 0 Å². The van der Waals surface area contributed by atoms with E-state index >= 15 is 0 Å². The number of nitrogens with one attached hydrogen (secondary N) is 1. The highest BCUT2D eigenvalue weighted by molar-refractivity contribution is 9.10. The highest BCUT2D eigenvalue weighted by atomic mass is 79.9. The normalized spacial score (nSPS) is 34.1. The van der Waals surface area contributed by atoms with Crippen LogP contribution in [0, 0.1) is 5.92 Å². The first-order chi connectivity index (χ1) is 8.54. The second kappa shape index (κ2) is 4.04. The van der Waals surface area contributed by atoms with Gasteiger partial charge in [0.15, 0.2) is 0 Å². The number of aromatic amines is 1. The number of aliphatic hydroxyl groups is 1. The third-order valence-electron chi connectivity index (χ3n) is 3.87. The first kappa shape index (κ1) is 12.1. The molecular weight excluding hydrogens is 304 g/mol. The van der Waals surface area contributed by atoms with Gasteiger partial charge in [-0.3, -0.25) is 14.3 Å². The summed E-state index contributed by atoms with van der Waals surface area (Å²) in [5.74, 6) is 0.215. The fourth-order valence-electron chi connectivity index (χ4n) is 2.95. The van der Waals surface area contributed by atoms with E-state index in [0.29, 0.717) is 4.47 Å². The number of aliphatic hydroxyl groups excluding tert-OH is 1. The molecule has 3 atom stereocenters. The fourth-order valence-corrected chi connectivity index (χ4v) is 3.27. The third-order valence-corrected chi connectivity index (χ3v) is 4.43. The van der Waals surface area contributed by atoms with Gasteiger partial charge in [-0.15, -0.1) is 0 Å². The summed E-state index contributed by atoms with van der Waals surface area (Å²) in [6.45, 7) is -0.0285. The van der Waals surface area contributed by atoms with E-state index < -0.39 is 23.1 Å². The Balaban J connectivity index is 2.01. The number of H-pyrrole nitrogens is 1. The van der Waals surface area contributed by atoms with E-state index in [1.54, 1.807) is 0 Å². The molecule has 1 saturated heterocycles. The van der Waals surface area contributed by atoms with Gasteiger partial charge >= 0.3 is 5.69 Å². The maximum Gasteiger partial charge on any atom is 0.330 e. The first-order valence-electron chi connectivity index (χ1n) is 5.84. The number of aromatic nitrogens is 2. The molecule has 0 radical (unpaired) electrons. The molecule has 0 aromatic carbocycles. The molecule has 1 aromatic rings. The smallest absolute Gasteiger partial charge is 0.330 e. The lowest BCUT2D eigenvalue weighted by Crippen LogP contribution is -2.38. The van der Waals surface area contributed by atoms with Crippen LogP contribution in [-0.2, 0) is 4.74 Å². The van der Waals surface area contributed by atoms with Crippen LogP contribution in [0.5, 0.6) is 0 Å². The van der Waals surface area contributed by atoms with Crippen molar-refractivity contribution in [1.82, 2.24) is 9.55 Å². The van der Waals surface area contributed by atoms with Crippen molar-refractivity contribution in [1.29, 1.82) is 0 Å². The minimum absolute atomic E-state index is 0.0285. The van der Waals surface area contributed by atoms with Gasteiger partial charge in [0.05, 0.1) is 16.7 Å². The topological polar surface area (TPSA) is 84.3 Å². The molecule has 18 heavy (non-hydrogen) atoms. The van der Waals surface area contributed by atoms with Gasteiger partial charge in [0.25, 0.3) is 5.56 Å². The van der Waals surface area contributed by atoms with Crippen molar-refractivity contribution in [2.45, 2.75) is 31.1 Å². The van der Waals surface area contributed by atoms with Crippen molar-refractivity contribution >= 4 is 15.9 Å². The van der Waals surface area contributed by atoms with Crippen LogP contribution in [0.3, 0.4) is 0 Å². The number of fused-ring (bicyclic) bond motifs is 2. The second-order valence-corrected chi connectivity index (χ2v) is 5.85. The highest BCUT2D eigenvalue weighted by Crippen LogP contribution is 2.51. The van der Waals surface area contributed by atoms with Crippen molar-refractivity contribution in [3.05, 3.63) is 31.5 Å². The molecule has 2 bridgehead atoms. The standard InChI is InChI=1S/C11H13BrN2O4/c12-7-4-14(10(17)13-8(7)16)9-6-1-2-11(3-6,5-15)18-9/h4,6,9,15H,1-3,5H2,(H,13,16,17)/t6-,9-,11+/m1/s1. The van der Waals surface area contributed by atoms with Gasteiger partial charge in [0.1, 0.15) is 6.23 Å². The summed E-state index contributed by atoms with van der Waals surface area (Å²) in [6.07, 6.45) is 3.57. The zero-order valence-corrected chi connectivity index (χ0v) is 11.1. The van der Waals surface area contributed by atoms with Gasteiger partial charge in [0.2, 0.25) is 0 Å². The fraction of sp³-hybridized carbons (Fsp3) is 0.636. The van der Waals surface area contributed by atoms with Gasteiger partial charge in [-0.1, -0.05) is 0 Å². The molecule has 7 heteroatoms. The van der Waals surface area contributed by atoms with Crippen LogP contribution in [0.1, 0.15) is 25.5 Å². The first-order valence-corrected chi connectivity index (χ1v) is 6.64. The van der Waals surface area contributed by atoms with Crippen LogP contribution in [0.25, 0.3) is 0 Å². The van der Waals surface area contributed by atoms with E-state index in [0.717, 1.165) is 19.3 Å². The molecule has 2 fully saturated rings. The Bertz CT molecular complexity index is 595. The number of rotatable bonds is 2. The molecule has 98 valence electrons. The number of hydrogen-bond acceptors (Lipinski definition) is 4. The van der Waals surface area contributed by atoms with E-state index in [-0.39, 0.29) is 12.5 Å². The number of halogens is 1. The highest BCUT2D eigenvalue weighted by Gasteiger charge is 2.52. The Morgan fingerprint density at radius 1 is 1.61 bits per heavy atom. The summed E-state index contributed by atoms with van der Waals surface area (Å²) in [5.41, 5.74) is -1.43. The Labute approximate surface area is 111 Å². The van der Waals surface area contributed by atoms with E-state index in [4.69, 9.17) is 4.74 Å². The summed E-state index contributed by atoms with van der Waals surface area (Å²) in [7, 11) is 0. The average molecular weight is 317 g/mol. The summed E-state index contributed by atoms with van der Waals surface area (Å²) >= 11 is 3.10. The quantitative estimate of drug-likeness (QED) is 0.825. The van der Waals surface area contributed by atoms with E-state index in [1.807, 2.05) is 0 Å². The maximum absolute atomic E-state index is 11.8. The molecule has 2 N–H and O–H groups in total. The summed E-state index contributed by atoms with van der Waals surface area (Å²) in [4.78, 5) is 25.3. The number of ether oxygens (including phenoxy) is 1. The van der Waals surface area contributed by atoms with E-state index in [1.165, 1.54) is 10.8 Å². The predicted molar refractivity (Wildman–Crippen MR) is 66.3 cm³/mol. The monoisotopic (exact) mass is 316 g/mol. The van der Waals surface area contributed by atoms with Crippen LogP contribution < -0.4 is 11.2 Å². The Morgan fingerprint density at radius 3 is 3.06 bits per heavy atom. The van der Waals surface area contributed by atoms with E-state index in [2.05, 4.69) is 20.9 Å². The Morgan fingerprint density at radius 2 is 2.39 bits per heavy atom. The zero-order valence-electron chi connectivity index (χ0n) is 9.56. The van der Waals surface area contributed by atoms with Gasteiger partial charge in [-0.2, -0.15) is 0 Å². The summed E-state index contributed by atoms with van der Waals surface area (Å²) in [6, 6.07) is 0. The van der Waals surface area contributed by atoms with Crippen molar-refractivity contribution < 1.29 is 9.84 Å². The van der Waals surface area contributed by atoms with Crippen LogP contribution >= 0.6 is 15.9 Å². The minimum Gasteiger partial charge on any atom is -0.393 e. The average Bonchev–Trinajstić information content (AvgIpc) is 2.92. The van der Waals surface area contributed by atoms with Crippen molar-refractivity contribution in [2.24, 2.45) is 5.92 Å². The predicted octanol–water partition coefficient (Wildman–Crippen LogP) is 0.359. The molecule has 1 aliphatic carbocycles. The lowest BCUT2D eigenvalue weighted by Gasteiger charge is -2.30. The van der Waals surface area contributed by atoms with Crippen LogP contribution in [-0.4, -0.2) is 26.9 Å². The van der Waals surface area contributed by atoms with Gasteiger partial charge in [0, 0.05) is 12.1 Å². The Kier molecular flexibility index (Phi) is 2.72. The lowest BCUT2D eigenvalue weighted by atomic mass is 10.0. The SMILES string of the molecule is O=c1[nH]c(=O)n([C@@H]2O[C@@]3(CO)CC[C@@H]2C3)cc1Br. The minimum atomic E-state index is -0.503. The molecule has 2 aliphatic rings. The molecule has 0 spiro atoms. The van der Waals surface area contributed by atoms with Crippen LogP contribution in [0.15, 0.2) is 20.3 Å². The molecule has 1 aromatic heterocycles. The molecule has 6 nitrogen and oxygen atoms in total. The number of nitrogens with zero attached hydrogens (tertiary/aromatic N) is 1. The molecule has 0 amide bonds. The molecule has 2 heterocycles. The number of hydrogen-bond donors (Lipinski definition) is 2. The molecule has 3 rings (SSSR count). The van der Waals surface area contributed by atoms with E-state index in [9.17, 15) is 14.7 Å². The summed E-state index contributed by atoms with van der Waals surface area (Å²) < 4.78 is 7.52. The summed E-state index contributed by atoms with van der Waals surface area (Å²) in [5, 5.41) is 9.40. The van der Waals surface area contributed by atoms with Crippen molar-refractivity contribution in [2.75, 3.05) is 6.61 Å². The van der Waals surface area contributed by atoms with Gasteiger partial charge in [-0.05, 0) is 35.2 Å². The molecular formula is C11H13BrN2O4. The van der Waals surface area contributed by atoms with Gasteiger partial charge in [-0.25, -0.2) is 4.79 Å². The second-order valence-electron chi connectivity index (χ2n) is 5.00. The maximum atomic E-state index is 11.8. The van der Waals surface area contributed by atoms with Crippen LogP contribution in [0.2, 0.25) is 0 Å². The molecule has 0 unspecified atom stereocenters. The van der Waals surface area contributed by atoms with Crippen molar-refractivity contribution in [3.8, 4) is 0 Å². The lowest BCUT2D eigenvalue weighted by molar-refractivity contribution is -0.126. The third kappa shape index (κ3) is 1.69. The Hall–Kier alpha value is -0.920. The molecule has 1 saturated carbocycles. The zero-order chi connectivity index (χ0) is 12.9.